The Hall–Kier alpha value is -3.09. The summed E-state index contributed by atoms with van der Waals surface area (Å²) >= 11 is 0. The van der Waals surface area contributed by atoms with Gasteiger partial charge in [-0.15, -0.1) is 0 Å². The van der Waals surface area contributed by atoms with Crippen molar-refractivity contribution in [1.29, 1.82) is 0 Å². The number of carbonyl (C=O) groups excluding carboxylic acids is 1. The highest BCUT2D eigenvalue weighted by molar-refractivity contribution is 5.98. The molecule has 2 aromatic heterocycles. The van der Waals surface area contributed by atoms with Crippen molar-refractivity contribution >= 4 is 22.6 Å². The number of benzene rings is 1. The van der Waals surface area contributed by atoms with Crippen LogP contribution in [0.5, 0.6) is 5.75 Å². The molecule has 3 heterocycles. The number of amides is 1. The second kappa shape index (κ2) is 6.43. The number of aromatic amines is 1. The van der Waals surface area contributed by atoms with Gasteiger partial charge in [0.15, 0.2) is 11.6 Å². The summed E-state index contributed by atoms with van der Waals surface area (Å²) in [4.78, 5) is 28.3. The van der Waals surface area contributed by atoms with Crippen LogP contribution in [0.3, 0.4) is 0 Å². The smallest absolute Gasteiger partial charge is 0.270 e. The number of nitrogens with one attached hydrogen (secondary N) is 1. The summed E-state index contributed by atoms with van der Waals surface area (Å²) in [5.74, 6) is 1.46. The summed E-state index contributed by atoms with van der Waals surface area (Å²) in [6.45, 7) is 2.70. The first kappa shape index (κ1) is 15.4. The van der Waals surface area contributed by atoms with Gasteiger partial charge < -0.3 is 19.5 Å². The minimum atomic E-state index is 0.0329. The fraction of sp³-hybridized carbons (Fsp3) is 0.278. The van der Waals surface area contributed by atoms with E-state index in [1.54, 1.807) is 13.3 Å². The van der Waals surface area contributed by atoms with Gasteiger partial charge >= 0.3 is 0 Å². The van der Waals surface area contributed by atoms with Crippen LogP contribution in [0.1, 0.15) is 10.5 Å². The van der Waals surface area contributed by atoms with Gasteiger partial charge in [-0.25, -0.2) is 9.97 Å². The number of piperazine rings is 1. The van der Waals surface area contributed by atoms with Gasteiger partial charge in [-0.2, -0.15) is 0 Å². The number of aromatic nitrogens is 3. The molecule has 0 spiro atoms. The monoisotopic (exact) mass is 337 g/mol. The van der Waals surface area contributed by atoms with Crippen molar-refractivity contribution in [3.05, 3.63) is 48.5 Å². The zero-order chi connectivity index (χ0) is 17.2. The molecular weight excluding hydrogens is 318 g/mol. The van der Waals surface area contributed by atoms with Crippen LogP contribution >= 0.6 is 0 Å². The van der Waals surface area contributed by atoms with E-state index in [9.17, 15) is 4.79 Å². The maximum absolute atomic E-state index is 12.8. The number of fused-ring (bicyclic) bond motifs is 1. The number of hydrogen-bond acceptors (Lipinski definition) is 5. The van der Waals surface area contributed by atoms with Crippen molar-refractivity contribution in [3.8, 4) is 5.75 Å². The third-order valence-electron chi connectivity index (χ3n) is 4.51. The Morgan fingerprint density at radius 3 is 2.76 bits per heavy atom. The summed E-state index contributed by atoms with van der Waals surface area (Å²) in [5.41, 5.74) is 1.62. The minimum absolute atomic E-state index is 0.0329. The lowest BCUT2D eigenvalue weighted by molar-refractivity contribution is 0.0741. The highest BCUT2D eigenvalue weighted by atomic mass is 16.5. The molecule has 1 N–H and O–H groups in total. The van der Waals surface area contributed by atoms with Crippen molar-refractivity contribution < 1.29 is 9.53 Å². The number of methoxy groups -OCH3 is 1. The predicted molar refractivity (Wildman–Crippen MR) is 95.0 cm³/mol. The van der Waals surface area contributed by atoms with E-state index in [0.29, 0.717) is 37.6 Å². The van der Waals surface area contributed by atoms with E-state index < -0.39 is 0 Å². The van der Waals surface area contributed by atoms with Gasteiger partial charge in [-0.3, -0.25) is 4.79 Å². The molecule has 128 valence electrons. The number of anilines is 1. The van der Waals surface area contributed by atoms with Crippen LogP contribution in [-0.2, 0) is 0 Å². The number of H-pyrrole nitrogens is 1. The first-order valence-electron chi connectivity index (χ1n) is 8.22. The maximum Gasteiger partial charge on any atom is 0.270 e. The zero-order valence-electron chi connectivity index (χ0n) is 14.0. The van der Waals surface area contributed by atoms with Crippen molar-refractivity contribution in [2.75, 3.05) is 38.2 Å². The molecule has 0 bridgehead atoms. The average Bonchev–Trinajstić information content (AvgIpc) is 3.12. The van der Waals surface area contributed by atoms with Gasteiger partial charge in [0.2, 0.25) is 0 Å². The van der Waals surface area contributed by atoms with Crippen LogP contribution < -0.4 is 9.64 Å². The van der Waals surface area contributed by atoms with Crippen molar-refractivity contribution in [2.24, 2.45) is 0 Å². The third-order valence-corrected chi connectivity index (χ3v) is 4.51. The molecule has 0 aliphatic carbocycles. The van der Waals surface area contributed by atoms with Gasteiger partial charge in [-0.1, -0.05) is 18.2 Å². The topological polar surface area (TPSA) is 74.4 Å². The molecule has 0 unspecified atom stereocenters. The highest BCUT2D eigenvalue weighted by Gasteiger charge is 2.25. The molecule has 7 nitrogen and oxygen atoms in total. The molecule has 25 heavy (non-hydrogen) atoms. The van der Waals surface area contributed by atoms with Crippen LogP contribution in [0, 0.1) is 0 Å². The molecule has 7 heteroatoms. The molecule has 1 aliphatic heterocycles. The molecule has 1 fully saturated rings. The van der Waals surface area contributed by atoms with E-state index in [4.69, 9.17) is 4.74 Å². The average molecular weight is 337 g/mol. The summed E-state index contributed by atoms with van der Waals surface area (Å²) in [6.07, 6.45) is 3.17. The Morgan fingerprint density at radius 2 is 2.00 bits per heavy atom. The lowest BCUT2D eigenvalue weighted by Crippen LogP contribution is -2.49. The number of hydrogen-bond donors (Lipinski definition) is 1. The molecule has 1 aromatic carbocycles. The lowest BCUT2D eigenvalue weighted by Gasteiger charge is -2.35. The molecule has 1 aliphatic rings. The van der Waals surface area contributed by atoms with Gasteiger partial charge in [0.1, 0.15) is 12.0 Å². The first-order chi connectivity index (χ1) is 12.3. The van der Waals surface area contributed by atoms with Crippen molar-refractivity contribution in [2.45, 2.75) is 0 Å². The number of carbonyl (C=O) groups is 1. The molecule has 0 radical (unpaired) electrons. The van der Waals surface area contributed by atoms with Gasteiger partial charge in [0.25, 0.3) is 5.91 Å². The fourth-order valence-electron chi connectivity index (χ4n) is 3.17. The third kappa shape index (κ3) is 2.88. The zero-order valence-corrected chi connectivity index (χ0v) is 14.0. The van der Waals surface area contributed by atoms with Crippen molar-refractivity contribution in [1.82, 2.24) is 19.9 Å². The Bertz CT molecular complexity index is 866. The Balaban J connectivity index is 1.47. The van der Waals surface area contributed by atoms with Gasteiger partial charge in [0.05, 0.1) is 13.3 Å². The van der Waals surface area contributed by atoms with Crippen LogP contribution in [-0.4, -0.2) is 59.0 Å². The molecule has 4 rings (SSSR count). The van der Waals surface area contributed by atoms with Crippen molar-refractivity contribution in [3.63, 3.8) is 0 Å². The van der Waals surface area contributed by atoms with Gasteiger partial charge in [-0.05, 0) is 12.1 Å². The van der Waals surface area contributed by atoms with E-state index in [1.165, 1.54) is 6.33 Å². The largest absolute Gasteiger partial charge is 0.491 e. The van der Waals surface area contributed by atoms with E-state index in [-0.39, 0.29) is 5.91 Å². The van der Waals surface area contributed by atoms with Crippen LogP contribution in [0.15, 0.2) is 42.9 Å². The lowest BCUT2D eigenvalue weighted by atomic mass is 10.2. The molecule has 3 aromatic rings. The van der Waals surface area contributed by atoms with Gasteiger partial charge in [0, 0.05) is 37.1 Å². The molecule has 1 amide bonds. The maximum atomic E-state index is 12.8. The van der Waals surface area contributed by atoms with E-state index in [2.05, 4.69) is 19.9 Å². The Kier molecular flexibility index (Phi) is 3.97. The first-order valence-corrected chi connectivity index (χ1v) is 8.22. The number of rotatable bonds is 3. The summed E-state index contributed by atoms with van der Waals surface area (Å²) in [7, 11) is 1.61. The Morgan fingerprint density at radius 1 is 1.20 bits per heavy atom. The molecular formula is C18H19N5O2. The van der Waals surface area contributed by atoms with E-state index in [1.807, 2.05) is 35.2 Å². The second-order valence-corrected chi connectivity index (χ2v) is 5.96. The second-order valence-electron chi connectivity index (χ2n) is 5.96. The predicted octanol–water partition coefficient (Wildman–Crippen LogP) is 1.93. The molecule has 0 saturated carbocycles. The number of ether oxygens (including phenoxy) is 1. The van der Waals surface area contributed by atoms with Crippen LogP contribution in [0.25, 0.3) is 10.9 Å². The molecule has 0 atom stereocenters. The minimum Gasteiger partial charge on any atom is -0.491 e. The van der Waals surface area contributed by atoms with Crippen LogP contribution in [0.2, 0.25) is 0 Å². The fourth-order valence-corrected chi connectivity index (χ4v) is 3.17. The van der Waals surface area contributed by atoms with E-state index >= 15 is 0 Å². The Labute approximate surface area is 145 Å². The SMILES string of the molecule is COc1cncnc1N1CCN(C(=O)c2cc3ccccc3[nH]2)CC1. The van der Waals surface area contributed by atoms with E-state index in [0.717, 1.165) is 16.7 Å². The summed E-state index contributed by atoms with van der Waals surface area (Å²) in [6, 6.07) is 9.82. The normalized spacial score (nSPS) is 14.8. The number of nitrogens with zero attached hydrogens (tertiary/aromatic N) is 4. The molecule has 1 saturated heterocycles. The number of para-hydroxylation sites is 1. The summed E-state index contributed by atoms with van der Waals surface area (Å²) in [5, 5.41) is 1.05. The highest BCUT2D eigenvalue weighted by Crippen LogP contribution is 2.25. The quantitative estimate of drug-likeness (QED) is 0.790. The van der Waals surface area contributed by atoms with Crippen LogP contribution in [0.4, 0.5) is 5.82 Å². The standard InChI is InChI=1S/C18H19N5O2/c1-25-16-11-19-12-20-17(16)22-6-8-23(9-7-22)18(24)15-10-13-4-2-3-5-14(13)21-15/h2-5,10-12,21H,6-9H2,1H3. The summed E-state index contributed by atoms with van der Waals surface area (Å²) < 4.78 is 5.32.